The fraction of sp³-hybridized carbons (Fsp3) is 0.467. The summed E-state index contributed by atoms with van der Waals surface area (Å²) in [7, 11) is 0. The van der Waals surface area contributed by atoms with Crippen LogP contribution in [0, 0.1) is 0 Å². The van der Waals surface area contributed by atoms with E-state index in [9.17, 15) is 4.79 Å². The van der Waals surface area contributed by atoms with Crippen LogP contribution in [0.1, 0.15) is 24.8 Å². The van der Waals surface area contributed by atoms with E-state index in [1.165, 1.54) is 19.3 Å². The molecule has 0 aromatic carbocycles. The van der Waals surface area contributed by atoms with Gasteiger partial charge in [0.1, 0.15) is 5.82 Å². The van der Waals surface area contributed by atoms with Gasteiger partial charge in [-0.15, -0.1) is 0 Å². The number of anilines is 1. The van der Waals surface area contributed by atoms with Crippen LogP contribution < -0.4 is 15.5 Å². The number of hydrogen-bond acceptors (Lipinski definition) is 3. The van der Waals surface area contributed by atoms with Crippen molar-refractivity contribution in [3.8, 4) is 0 Å². The van der Waals surface area contributed by atoms with Crippen molar-refractivity contribution in [2.45, 2.75) is 25.8 Å². The molecule has 0 saturated carbocycles. The van der Waals surface area contributed by atoms with Crippen molar-refractivity contribution in [1.82, 2.24) is 15.6 Å². The summed E-state index contributed by atoms with van der Waals surface area (Å²) in [6.45, 7) is 6.71. The fourth-order valence-corrected chi connectivity index (χ4v) is 2.43. The van der Waals surface area contributed by atoms with Crippen molar-refractivity contribution >= 4 is 27.8 Å². The van der Waals surface area contributed by atoms with Crippen LogP contribution in [0.4, 0.5) is 10.6 Å². The highest BCUT2D eigenvalue weighted by molar-refractivity contribution is 9.11. The van der Waals surface area contributed by atoms with Gasteiger partial charge >= 0.3 is 6.03 Å². The zero-order valence-corrected chi connectivity index (χ0v) is 13.7. The van der Waals surface area contributed by atoms with Gasteiger partial charge in [0, 0.05) is 30.3 Å². The molecule has 1 aromatic heterocycles. The largest absolute Gasteiger partial charge is 0.357 e. The van der Waals surface area contributed by atoms with E-state index in [-0.39, 0.29) is 6.03 Å². The SMILES string of the molecule is C=C(Br)CNC(=O)NCc1ccnc(N2CCCCC2)c1. The molecule has 0 unspecified atom stereocenters. The van der Waals surface area contributed by atoms with Gasteiger partial charge in [-0.3, -0.25) is 0 Å². The Morgan fingerprint density at radius 1 is 1.33 bits per heavy atom. The third-order valence-corrected chi connectivity index (χ3v) is 3.66. The molecule has 2 heterocycles. The summed E-state index contributed by atoms with van der Waals surface area (Å²) in [5.74, 6) is 1.00. The van der Waals surface area contributed by atoms with E-state index in [0.29, 0.717) is 13.1 Å². The second-order valence-corrected chi connectivity index (χ2v) is 6.24. The third-order valence-electron chi connectivity index (χ3n) is 3.38. The van der Waals surface area contributed by atoms with Crippen LogP contribution in [0.5, 0.6) is 0 Å². The molecular weight excluding hydrogens is 332 g/mol. The smallest absolute Gasteiger partial charge is 0.315 e. The van der Waals surface area contributed by atoms with Crippen molar-refractivity contribution < 1.29 is 4.79 Å². The van der Waals surface area contributed by atoms with Crippen molar-refractivity contribution in [3.05, 3.63) is 35.0 Å². The Hall–Kier alpha value is -1.56. The van der Waals surface area contributed by atoms with Crippen molar-refractivity contribution in [2.75, 3.05) is 24.5 Å². The van der Waals surface area contributed by atoms with Gasteiger partial charge in [-0.05, 0) is 37.0 Å². The average Bonchev–Trinajstić information content (AvgIpc) is 2.52. The Morgan fingerprint density at radius 3 is 2.81 bits per heavy atom. The Balaban J connectivity index is 1.85. The second-order valence-electron chi connectivity index (χ2n) is 5.12. The van der Waals surface area contributed by atoms with Gasteiger partial charge in [0.15, 0.2) is 0 Å². The van der Waals surface area contributed by atoms with E-state index in [2.05, 4.69) is 49.1 Å². The maximum absolute atomic E-state index is 11.6. The molecule has 0 aliphatic carbocycles. The van der Waals surface area contributed by atoms with E-state index in [1.807, 2.05) is 6.07 Å². The normalized spacial score (nSPS) is 14.6. The Labute approximate surface area is 133 Å². The van der Waals surface area contributed by atoms with Crippen LogP contribution in [0.15, 0.2) is 29.4 Å². The number of rotatable bonds is 5. The summed E-state index contributed by atoms with van der Waals surface area (Å²) in [6.07, 6.45) is 5.56. The number of nitrogens with one attached hydrogen (secondary N) is 2. The molecule has 114 valence electrons. The molecule has 21 heavy (non-hydrogen) atoms. The molecule has 1 aromatic rings. The Bertz CT molecular complexity index is 500. The first kappa shape index (κ1) is 15.8. The highest BCUT2D eigenvalue weighted by Gasteiger charge is 2.12. The number of nitrogens with zero attached hydrogens (tertiary/aromatic N) is 2. The lowest BCUT2D eigenvalue weighted by atomic mass is 10.1. The van der Waals surface area contributed by atoms with E-state index in [0.717, 1.165) is 29.0 Å². The number of amides is 2. The first-order chi connectivity index (χ1) is 10.1. The predicted octanol–water partition coefficient (Wildman–Crippen LogP) is 2.78. The molecule has 1 fully saturated rings. The molecule has 0 radical (unpaired) electrons. The molecule has 5 nitrogen and oxygen atoms in total. The number of carbonyl (C=O) groups is 1. The molecule has 2 amide bonds. The number of pyridine rings is 1. The summed E-state index contributed by atoms with van der Waals surface area (Å²) in [5, 5.41) is 5.53. The van der Waals surface area contributed by atoms with E-state index in [4.69, 9.17) is 0 Å². The maximum atomic E-state index is 11.6. The lowest BCUT2D eigenvalue weighted by molar-refractivity contribution is 0.241. The molecule has 6 heteroatoms. The Kier molecular flexibility index (Phi) is 6.04. The molecule has 1 aliphatic rings. The topological polar surface area (TPSA) is 57.3 Å². The molecule has 0 spiro atoms. The number of carbonyl (C=O) groups excluding carboxylic acids is 1. The zero-order valence-electron chi connectivity index (χ0n) is 12.1. The van der Waals surface area contributed by atoms with Gasteiger partial charge in [0.25, 0.3) is 0 Å². The number of urea groups is 1. The zero-order chi connectivity index (χ0) is 15.1. The van der Waals surface area contributed by atoms with Crippen molar-refractivity contribution in [3.63, 3.8) is 0 Å². The van der Waals surface area contributed by atoms with Gasteiger partial charge in [-0.2, -0.15) is 0 Å². The van der Waals surface area contributed by atoms with Crippen LogP contribution >= 0.6 is 15.9 Å². The quantitative estimate of drug-likeness (QED) is 0.856. The van der Waals surface area contributed by atoms with Crippen LogP contribution in [0.3, 0.4) is 0 Å². The molecule has 0 atom stereocenters. The monoisotopic (exact) mass is 352 g/mol. The summed E-state index contributed by atoms with van der Waals surface area (Å²) in [5.41, 5.74) is 1.05. The van der Waals surface area contributed by atoms with Crippen LogP contribution in [0.25, 0.3) is 0 Å². The van der Waals surface area contributed by atoms with Crippen LogP contribution in [0.2, 0.25) is 0 Å². The maximum Gasteiger partial charge on any atom is 0.315 e. The molecule has 1 aliphatic heterocycles. The van der Waals surface area contributed by atoms with Crippen molar-refractivity contribution in [1.29, 1.82) is 0 Å². The van der Waals surface area contributed by atoms with E-state index in [1.54, 1.807) is 6.20 Å². The van der Waals surface area contributed by atoms with Gasteiger partial charge < -0.3 is 15.5 Å². The second kappa shape index (κ2) is 8.02. The molecule has 0 bridgehead atoms. The lowest BCUT2D eigenvalue weighted by Crippen LogP contribution is -2.35. The average molecular weight is 353 g/mol. The third kappa shape index (κ3) is 5.38. The van der Waals surface area contributed by atoms with E-state index < -0.39 is 0 Å². The molecule has 2 N–H and O–H groups in total. The first-order valence-corrected chi connectivity index (χ1v) is 7.99. The fourth-order valence-electron chi connectivity index (χ4n) is 2.29. The number of aromatic nitrogens is 1. The number of hydrogen-bond donors (Lipinski definition) is 2. The summed E-state index contributed by atoms with van der Waals surface area (Å²) < 4.78 is 0.744. The summed E-state index contributed by atoms with van der Waals surface area (Å²) in [6, 6.07) is 3.78. The Morgan fingerprint density at radius 2 is 2.10 bits per heavy atom. The molecular formula is C15H21BrN4O. The minimum Gasteiger partial charge on any atom is -0.357 e. The lowest BCUT2D eigenvalue weighted by Gasteiger charge is -2.27. The number of piperidine rings is 1. The minimum absolute atomic E-state index is 0.202. The van der Waals surface area contributed by atoms with Gasteiger partial charge in [0.2, 0.25) is 0 Å². The predicted molar refractivity (Wildman–Crippen MR) is 88.6 cm³/mol. The first-order valence-electron chi connectivity index (χ1n) is 7.20. The molecule has 1 saturated heterocycles. The highest BCUT2D eigenvalue weighted by atomic mass is 79.9. The summed E-state index contributed by atoms with van der Waals surface area (Å²) >= 11 is 3.20. The summed E-state index contributed by atoms with van der Waals surface area (Å²) in [4.78, 5) is 18.3. The molecule has 2 rings (SSSR count). The van der Waals surface area contributed by atoms with Crippen molar-refractivity contribution in [2.24, 2.45) is 0 Å². The number of halogens is 1. The van der Waals surface area contributed by atoms with Crippen LogP contribution in [-0.4, -0.2) is 30.6 Å². The standard InChI is InChI=1S/C15H21BrN4O/c1-12(16)10-18-15(21)19-11-13-5-6-17-14(9-13)20-7-3-2-4-8-20/h5-6,9H,1-4,7-8,10-11H2,(H2,18,19,21). The van der Waals surface area contributed by atoms with Gasteiger partial charge in [-0.25, -0.2) is 9.78 Å². The van der Waals surface area contributed by atoms with Gasteiger partial charge in [-0.1, -0.05) is 22.5 Å². The van der Waals surface area contributed by atoms with Crippen LogP contribution in [-0.2, 0) is 6.54 Å². The van der Waals surface area contributed by atoms with E-state index >= 15 is 0 Å². The van der Waals surface area contributed by atoms with Gasteiger partial charge in [0.05, 0.1) is 6.54 Å². The minimum atomic E-state index is -0.202. The highest BCUT2D eigenvalue weighted by Crippen LogP contribution is 2.18.